The van der Waals surface area contributed by atoms with Crippen LogP contribution in [0, 0.1) is 0 Å². The van der Waals surface area contributed by atoms with Crippen molar-refractivity contribution in [1.29, 1.82) is 0 Å². The third-order valence-corrected chi connectivity index (χ3v) is 2.40. The number of rotatable bonds is 3. The van der Waals surface area contributed by atoms with Crippen LogP contribution in [0.2, 0.25) is 5.02 Å². The van der Waals surface area contributed by atoms with E-state index >= 15 is 0 Å². The van der Waals surface area contributed by atoms with Crippen LogP contribution in [0.15, 0.2) is 6.07 Å². The summed E-state index contributed by atoms with van der Waals surface area (Å²) >= 11 is 8.26. The molecular formula is C8H4BrClF5NO. The normalized spacial score (nSPS) is 12.0. The lowest BCUT2D eigenvalue weighted by atomic mass is 10.3. The van der Waals surface area contributed by atoms with E-state index in [0.717, 1.165) is 0 Å². The second-order valence-corrected chi connectivity index (χ2v) is 3.75. The molecule has 0 bridgehead atoms. The molecule has 0 aromatic carbocycles. The highest BCUT2D eigenvalue weighted by Crippen LogP contribution is 2.35. The summed E-state index contributed by atoms with van der Waals surface area (Å²) in [6.07, 6.45) is -7.89. The van der Waals surface area contributed by atoms with Crippen molar-refractivity contribution < 1.29 is 26.7 Å². The highest BCUT2D eigenvalue weighted by atomic mass is 79.9. The first-order valence-electron chi connectivity index (χ1n) is 4.03. The number of ether oxygens (including phenoxy) is 1. The van der Waals surface area contributed by atoms with E-state index in [-0.39, 0.29) is 11.0 Å². The molecule has 17 heavy (non-hydrogen) atoms. The van der Waals surface area contributed by atoms with Crippen molar-refractivity contribution >= 4 is 27.5 Å². The molecule has 0 fully saturated rings. The van der Waals surface area contributed by atoms with Crippen molar-refractivity contribution in [3.63, 3.8) is 0 Å². The Kier molecular flexibility index (Phi) is 4.54. The van der Waals surface area contributed by atoms with Crippen molar-refractivity contribution in [3.05, 3.63) is 22.5 Å². The van der Waals surface area contributed by atoms with Crippen LogP contribution in [0.25, 0.3) is 0 Å². The number of hydrogen-bond acceptors (Lipinski definition) is 2. The maximum absolute atomic E-state index is 12.3. The monoisotopic (exact) mass is 339 g/mol. The Balaban J connectivity index is 3.21. The van der Waals surface area contributed by atoms with E-state index in [9.17, 15) is 22.0 Å². The van der Waals surface area contributed by atoms with E-state index in [1.165, 1.54) is 0 Å². The minimum absolute atomic E-state index is 0.196. The van der Waals surface area contributed by atoms with Crippen LogP contribution in [0.4, 0.5) is 22.0 Å². The largest absolute Gasteiger partial charge is 0.573 e. The average Bonchev–Trinajstić information content (AvgIpc) is 2.18. The van der Waals surface area contributed by atoms with Gasteiger partial charge in [-0.3, -0.25) is 0 Å². The fourth-order valence-corrected chi connectivity index (χ4v) is 1.64. The van der Waals surface area contributed by atoms with Crippen LogP contribution in [0.3, 0.4) is 0 Å². The van der Waals surface area contributed by atoms with Gasteiger partial charge in [0.1, 0.15) is 5.69 Å². The molecule has 0 atom stereocenters. The molecule has 96 valence electrons. The van der Waals surface area contributed by atoms with Gasteiger partial charge in [-0.05, 0) is 6.07 Å². The highest BCUT2D eigenvalue weighted by Gasteiger charge is 2.34. The number of aromatic nitrogens is 1. The highest BCUT2D eigenvalue weighted by molar-refractivity contribution is 9.08. The number of alkyl halides is 6. The van der Waals surface area contributed by atoms with E-state index in [1.54, 1.807) is 0 Å². The summed E-state index contributed by atoms with van der Waals surface area (Å²) in [5.74, 6) is -0.777. The predicted molar refractivity (Wildman–Crippen MR) is 53.5 cm³/mol. The van der Waals surface area contributed by atoms with Crippen molar-refractivity contribution in [2.75, 3.05) is 0 Å². The van der Waals surface area contributed by atoms with Gasteiger partial charge in [-0.2, -0.15) is 0 Å². The third kappa shape index (κ3) is 3.95. The number of halogens is 7. The van der Waals surface area contributed by atoms with Gasteiger partial charge < -0.3 is 4.74 Å². The Morgan fingerprint density at radius 1 is 1.41 bits per heavy atom. The van der Waals surface area contributed by atoms with E-state index < -0.39 is 29.3 Å². The Labute approximate surface area is 106 Å². The standard InChI is InChI=1S/C8H4BrClF5NO/c9-2-5-6(17-8(13,14)15)3(10)1-4(16-5)7(11)12/h1,7H,2H2. The number of hydrogen-bond donors (Lipinski definition) is 0. The molecule has 0 aliphatic heterocycles. The molecule has 0 unspecified atom stereocenters. The molecule has 1 rings (SSSR count). The predicted octanol–water partition coefficient (Wildman–Crippen LogP) is 4.47. The third-order valence-electron chi connectivity index (χ3n) is 1.59. The van der Waals surface area contributed by atoms with Gasteiger partial charge in [-0.1, -0.05) is 27.5 Å². The van der Waals surface area contributed by atoms with Crippen LogP contribution < -0.4 is 4.74 Å². The zero-order valence-electron chi connectivity index (χ0n) is 7.86. The van der Waals surface area contributed by atoms with Crippen LogP contribution >= 0.6 is 27.5 Å². The van der Waals surface area contributed by atoms with Gasteiger partial charge in [0, 0.05) is 5.33 Å². The van der Waals surface area contributed by atoms with Crippen molar-refractivity contribution in [2.45, 2.75) is 18.1 Å². The summed E-state index contributed by atoms with van der Waals surface area (Å²) in [5, 5.41) is -0.763. The van der Waals surface area contributed by atoms with E-state index in [1.807, 2.05) is 0 Å². The van der Waals surface area contributed by atoms with Crippen LogP contribution in [0.5, 0.6) is 5.75 Å². The van der Waals surface area contributed by atoms with E-state index in [4.69, 9.17) is 11.6 Å². The lowest BCUT2D eigenvalue weighted by molar-refractivity contribution is -0.274. The van der Waals surface area contributed by atoms with Gasteiger partial charge in [-0.15, -0.1) is 13.2 Å². The van der Waals surface area contributed by atoms with E-state index in [0.29, 0.717) is 6.07 Å². The average molecular weight is 340 g/mol. The summed E-state index contributed by atoms with van der Waals surface area (Å²) in [6.45, 7) is 0. The molecule has 0 radical (unpaired) electrons. The van der Waals surface area contributed by atoms with Crippen LogP contribution in [0.1, 0.15) is 17.8 Å². The van der Waals surface area contributed by atoms with Crippen molar-refractivity contribution in [2.24, 2.45) is 0 Å². The molecule has 1 aromatic heterocycles. The SMILES string of the molecule is FC(F)c1cc(Cl)c(OC(F)(F)F)c(CBr)n1. The molecule has 0 spiro atoms. The summed E-state index contributed by atoms with van der Waals surface area (Å²) in [4.78, 5) is 3.33. The maximum atomic E-state index is 12.3. The van der Waals surface area contributed by atoms with E-state index in [2.05, 4.69) is 25.7 Å². The maximum Gasteiger partial charge on any atom is 0.573 e. The molecule has 2 nitrogen and oxygen atoms in total. The van der Waals surface area contributed by atoms with Gasteiger partial charge in [0.2, 0.25) is 0 Å². The topological polar surface area (TPSA) is 22.1 Å². The summed E-state index contributed by atoms with van der Waals surface area (Å²) in [5.41, 5.74) is -1.05. The minimum Gasteiger partial charge on any atom is -0.402 e. The number of nitrogens with zero attached hydrogens (tertiary/aromatic N) is 1. The minimum atomic E-state index is -4.96. The first kappa shape index (κ1) is 14.4. The molecule has 0 saturated heterocycles. The smallest absolute Gasteiger partial charge is 0.402 e. The molecule has 0 N–H and O–H groups in total. The molecule has 0 aliphatic carbocycles. The van der Waals surface area contributed by atoms with Gasteiger partial charge >= 0.3 is 6.36 Å². The Hall–Kier alpha value is -0.630. The Morgan fingerprint density at radius 2 is 2.00 bits per heavy atom. The summed E-state index contributed by atoms with van der Waals surface area (Å²) in [6, 6.07) is 0.638. The summed E-state index contributed by atoms with van der Waals surface area (Å²) < 4.78 is 64.4. The Morgan fingerprint density at radius 3 is 2.41 bits per heavy atom. The fraction of sp³-hybridized carbons (Fsp3) is 0.375. The second kappa shape index (κ2) is 5.34. The van der Waals surface area contributed by atoms with Crippen LogP contribution in [-0.2, 0) is 5.33 Å². The van der Waals surface area contributed by atoms with Crippen LogP contribution in [-0.4, -0.2) is 11.3 Å². The first-order valence-corrected chi connectivity index (χ1v) is 5.53. The molecule has 1 heterocycles. The molecule has 0 amide bonds. The molecular weight excluding hydrogens is 336 g/mol. The lowest BCUT2D eigenvalue weighted by Crippen LogP contribution is -2.19. The van der Waals surface area contributed by atoms with Gasteiger partial charge in [0.15, 0.2) is 5.75 Å². The number of pyridine rings is 1. The van der Waals surface area contributed by atoms with Crippen molar-refractivity contribution in [1.82, 2.24) is 4.98 Å². The van der Waals surface area contributed by atoms with Gasteiger partial charge in [0.05, 0.1) is 10.7 Å². The van der Waals surface area contributed by atoms with Crippen molar-refractivity contribution in [3.8, 4) is 5.75 Å². The first-order chi connectivity index (χ1) is 7.74. The summed E-state index contributed by atoms with van der Waals surface area (Å²) in [7, 11) is 0. The van der Waals surface area contributed by atoms with Gasteiger partial charge in [-0.25, -0.2) is 13.8 Å². The molecule has 0 saturated carbocycles. The Bertz CT molecular complexity index is 412. The second-order valence-electron chi connectivity index (χ2n) is 2.79. The quantitative estimate of drug-likeness (QED) is 0.598. The lowest BCUT2D eigenvalue weighted by Gasteiger charge is -2.14. The molecule has 9 heteroatoms. The molecule has 1 aromatic rings. The molecule has 0 aliphatic rings. The zero-order chi connectivity index (χ0) is 13.2. The fourth-order valence-electron chi connectivity index (χ4n) is 0.998. The zero-order valence-corrected chi connectivity index (χ0v) is 10.2. The van der Waals surface area contributed by atoms with Gasteiger partial charge in [0.25, 0.3) is 6.43 Å².